The van der Waals surface area contributed by atoms with Crippen molar-refractivity contribution in [2.75, 3.05) is 5.32 Å². The van der Waals surface area contributed by atoms with Gasteiger partial charge in [0.15, 0.2) is 0 Å². The maximum atomic E-state index is 12.3. The van der Waals surface area contributed by atoms with Crippen molar-refractivity contribution in [1.29, 1.82) is 0 Å². The number of carbonyl (C=O) groups excluding carboxylic acids is 1. The van der Waals surface area contributed by atoms with Crippen LogP contribution in [0.2, 0.25) is 0 Å². The third-order valence-corrected chi connectivity index (χ3v) is 4.37. The number of carbonyl (C=O) groups is 1. The highest BCUT2D eigenvalue weighted by molar-refractivity contribution is 7.17. The van der Waals surface area contributed by atoms with Gasteiger partial charge in [-0.1, -0.05) is 30.3 Å². The number of hydrogen-bond donors (Lipinski definition) is 1. The minimum atomic E-state index is -4.74. The summed E-state index contributed by atoms with van der Waals surface area (Å²) in [7, 11) is 0. The quantitative estimate of drug-likeness (QED) is 0.658. The van der Waals surface area contributed by atoms with Crippen molar-refractivity contribution < 1.29 is 22.7 Å². The zero-order valence-corrected chi connectivity index (χ0v) is 13.5. The van der Waals surface area contributed by atoms with E-state index in [4.69, 9.17) is 0 Å². The van der Waals surface area contributed by atoms with E-state index in [0.717, 1.165) is 22.6 Å². The molecule has 3 aromatic rings. The first-order valence-electron chi connectivity index (χ1n) is 7.23. The van der Waals surface area contributed by atoms with E-state index >= 15 is 0 Å². The molecule has 0 spiro atoms. The Morgan fingerprint density at radius 1 is 0.920 bits per heavy atom. The maximum absolute atomic E-state index is 12.3. The number of hydrogen-bond acceptors (Lipinski definition) is 3. The van der Waals surface area contributed by atoms with Crippen LogP contribution in [-0.2, 0) is 0 Å². The lowest BCUT2D eigenvalue weighted by Crippen LogP contribution is -2.17. The summed E-state index contributed by atoms with van der Waals surface area (Å²) in [6.45, 7) is 0. The number of nitrogens with one attached hydrogen (secondary N) is 1. The fraction of sp³-hybridized carbons (Fsp3) is 0.0556. The van der Waals surface area contributed by atoms with Crippen LogP contribution in [0.5, 0.6) is 5.75 Å². The summed E-state index contributed by atoms with van der Waals surface area (Å²) in [6.07, 6.45) is -4.74. The molecule has 0 unspecified atom stereocenters. The van der Waals surface area contributed by atoms with Crippen molar-refractivity contribution in [3.05, 3.63) is 71.6 Å². The minimum Gasteiger partial charge on any atom is -0.406 e. The molecule has 2 aromatic carbocycles. The van der Waals surface area contributed by atoms with E-state index in [2.05, 4.69) is 10.1 Å². The Bertz CT molecular complexity index is 858. The van der Waals surface area contributed by atoms with Crippen LogP contribution in [0, 0.1) is 0 Å². The third-order valence-electron chi connectivity index (χ3n) is 3.23. The van der Waals surface area contributed by atoms with E-state index in [1.165, 1.54) is 23.5 Å². The molecular formula is C18H12F3NO2S. The van der Waals surface area contributed by atoms with Gasteiger partial charge in [0.05, 0.1) is 4.88 Å². The fourth-order valence-electron chi connectivity index (χ4n) is 2.15. The second-order valence-corrected chi connectivity index (χ2v) is 6.14. The van der Waals surface area contributed by atoms with Crippen molar-refractivity contribution in [2.24, 2.45) is 0 Å². The third kappa shape index (κ3) is 4.60. The van der Waals surface area contributed by atoms with Gasteiger partial charge in [-0.15, -0.1) is 24.5 Å². The molecule has 1 aromatic heterocycles. The predicted molar refractivity (Wildman–Crippen MR) is 90.8 cm³/mol. The molecule has 3 rings (SSSR count). The SMILES string of the molecule is O=C(Nc1ccc(OC(F)(F)F)cc1)c1ccc(-c2ccccc2)s1. The maximum Gasteiger partial charge on any atom is 0.573 e. The zero-order valence-electron chi connectivity index (χ0n) is 12.7. The van der Waals surface area contributed by atoms with Crippen LogP contribution in [0.15, 0.2) is 66.7 Å². The van der Waals surface area contributed by atoms with Gasteiger partial charge in [-0.05, 0) is 42.0 Å². The first-order valence-corrected chi connectivity index (χ1v) is 8.05. The highest BCUT2D eigenvalue weighted by atomic mass is 32.1. The monoisotopic (exact) mass is 363 g/mol. The van der Waals surface area contributed by atoms with Crippen LogP contribution < -0.4 is 10.1 Å². The Labute approximate surface area is 145 Å². The minimum absolute atomic E-state index is 0.323. The summed E-state index contributed by atoms with van der Waals surface area (Å²) in [4.78, 5) is 13.7. The van der Waals surface area contributed by atoms with E-state index in [-0.39, 0.29) is 11.7 Å². The number of ether oxygens (including phenoxy) is 1. The molecule has 7 heteroatoms. The number of amides is 1. The molecule has 0 bridgehead atoms. The molecule has 0 aliphatic heterocycles. The van der Waals surface area contributed by atoms with E-state index < -0.39 is 6.36 Å². The largest absolute Gasteiger partial charge is 0.573 e. The van der Waals surface area contributed by atoms with Crippen molar-refractivity contribution in [1.82, 2.24) is 0 Å². The molecule has 25 heavy (non-hydrogen) atoms. The summed E-state index contributed by atoms with van der Waals surface area (Å²) in [5.41, 5.74) is 1.40. The van der Waals surface area contributed by atoms with E-state index in [1.807, 2.05) is 36.4 Å². The van der Waals surface area contributed by atoms with Gasteiger partial charge in [0.1, 0.15) is 5.75 Å². The van der Waals surface area contributed by atoms with Crippen LogP contribution in [0.1, 0.15) is 9.67 Å². The lowest BCUT2D eigenvalue weighted by Gasteiger charge is -2.09. The van der Waals surface area contributed by atoms with Gasteiger partial charge in [0, 0.05) is 10.6 Å². The Balaban J connectivity index is 1.67. The summed E-state index contributed by atoms with van der Waals surface area (Å²) in [5.74, 6) is -0.662. The smallest absolute Gasteiger partial charge is 0.406 e. The average molecular weight is 363 g/mol. The van der Waals surface area contributed by atoms with Crippen molar-refractivity contribution in [2.45, 2.75) is 6.36 Å². The summed E-state index contributed by atoms with van der Waals surface area (Å²) in [5, 5.41) is 2.65. The molecule has 128 valence electrons. The number of alkyl halides is 3. The zero-order chi connectivity index (χ0) is 17.9. The number of anilines is 1. The second-order valence-electron chi connectivity index (χ2n) is 5.06. The van der Waals surface area contributed by atoms with Crippen LogP contribution in [0.3, 0.4) is 0 Å². The Morgan fingerprint density at radius 3 is 2.24 bits per heavy atom. The Kier molecular flexibility index (Phi) is 4.76. The van der Waals surface area contributed by atoms with Gasteiger partial charge < -0.3 is 10.1 Å². The number of thiophene rings is 1. The summed E-state index contributed by atoms with van der Waals surface area (Å²) < 4.78 is 40.2. The van der Waals surface area contributed by atoms with Gasteiger partial charge in [-0.2, -0.15) is 0 Å². The molecule has 0 fully saturated rings. The van der Waals surface area contributed by atoms with Gasteiger partial charge in [-0.25, -0.2) is 0 Å². The predicted octanol–water partition coefficient (Wildman–Crippen LogP) is 5.57. The fourth-order valence-corrected chi connectivity index (χ4v) is 3.06. The van der Waals surface area contributed by atoms with E-state index in [1.54, 1.807) is 6.07 Å². The van der Waals surface area contributed by atoms with Crippen LogP contribution in [0.25, 0.3) is 10.4 Å². The van der Waals surface area contributed by atoms with Crippen molar-refractivity contribution >= 4 is 22.9 Å². The molecule has 0 saturated carbocycles. The lowest BCUT2D eigenvalue weighted by molar-refractivity contribution is -0.274. The molecule has 0 saturated heterocycles. The van der Waals surface area contributed by atoms with Crippen molar-refractivity contribution in [3.63, 3.8) is 0 Å². The van der Waals surface area contributed by atoms with E-state index in [9.17, 15) is 18.0 Å². The highest BCUT2D eigenvalue weighted by Crippen LogP contribution is 2.29. The Hall–Kier alpha value is -2.80. The average Bonchev–Trinajstić information content (AvgIpc) is 3.06. The standard InChI is InChI=1S/C18H12F3NO2S/c19-18(20,21)24-14-8-6-13(7-9-14)22-17(23)16-11-10-15(25-16)12-4-2-1-3-5-12/h1-11H,(H,22,23). The first-order chi connectivity index (χ1) is 11.9. The topological polar surface area (TPSA) is 38.3 Å². The first kappa shape index (κ1) is 17.0. The number of benzene rings is 2. The molecule has 0 radical (unpaired) electrons. The second kappa shape index (κ2) is 6.98. The van der Waals surface area contributed by atoms with E-state index in [0.29, 0.717) is 10.6 Å². The molecule has 1 N–H and O–H groups in total. The van der Waals surface area contributed by atoms with Gasteiger partial charge in [-0.3, -0.25) is 4.79 Å². The Morgan fingerprint density at radius 2 is 1.60 bits per heavy atom. The number of halogens is 3. The van der Waals surface area contributed by atoms with Crippen molar-refractivity contribution in [3.8, 4) is 16.2 Å². The lowest BCUT2D eigenvalue weighted by atomic mass is 10.2. The molecule has 1 amide bonds. The van der Waals surface area contributed by atoms with Gasteiger partial charge in [0.25, 0.3) is 5.91 Å². The molecular weight excluding hydrogens is 351 g/mol. The normalized spacial score (nSPS) is 11.2. The van der Waals surface area contributed by atoms with Crippen LogP contribution >= 0.6 is 11.3 Å². The van der Waals surface area contributed by atoms with Crippen LogP contribution in [0.4, 0.5) is 18.9 Å². The molecule has 3 nitrogen and oxygen atoms in total. The highest BCUT2D eigenvalue weighted by Gasteiger charge is 2.30. The van der Waals surface area contributed by atoms with Crippen LogP contribution in [-0.4, -0.2) is 12.3 Å². The summed E-state index contributed by atoms with van der Waals surface area (Å²) in [6, 6.07) is 18.2. The molecule has 0 atom stereocenters. The summed E-state index contributed by atoms with van der Waals surface area (Å²) >= 11 is 1.34. The molecule has 0 aliphatic rings. The van der Waals surface area contributed by atoms with Gasteiger partial charge >= 0.3 is 6.36 Å². The molecule has 1 heterocycles. The molecule has 0 aliphatic carbocycles. The van der Waals surface area contributed by atoms with Gasteiger partial charge in [0.2, 0.25) is 0 Å². The number of rotatable bonds is 4.